The summed E-state index contributed by atoms with van der Waals surface area (Å²) in [6.45, 7) is 0. The third kappa shape index (κ3) is 0.901. The molecule has 0 fully saturated rings. The zero-order valence-electron chi connectivity index (χ0n) is 4.83. The number of rotatable bonds is 0. The van der Waals surface area contributed by atoms with Crippen LogP contribution >= 0.6 is 0 Å². The van der Waals surface area contributed by atoms with E-state index in [2.05, 4.69) is 9.97 Å². The monoisotopic (exact) mass is 132 g/mol. The molecule has 1 aromatic heterocycles. The highest BCUT2D eigenvalue weighted by atomic mass is 14.9. The molecule has 3 heteroatoms. The minimum absolute atomic E-state index is 0. The van der Waals surface area contributed by atoms with Crippen LogP contribution in [0.1, 0.15) is 0 Å². The second kappa shape index (κ2) is 2.56. The maximum absolute atomic E-state index is 4.06. The van der Waals surface area contributed by atoms with E-state index >= 15 is 0 Å². The van der Waals surface area contributed by atoms with Gasteiger partial charge in [-0.3, -0.25) is 0 Å². The fourth-order valence-corrected chi connectivity index (χ4v) is 0.880. The van der Waals surface area contributed by atoms with Crippen molar-refractivity contribution in [1.29, 1.82) is 0 Å². The predicted octanol–water partition coefficient (Wildman–Crippen LogP) is 0.379. The molecule has 0 aliphatic heterocycles. The smallest absolute Gasteiger partial charge is 0.0931 e. The van der Waals surface area contributed by atoms with Gasteiger partial charge in [-0.25, -0.2) is 4.98 Å². The summed E-state index contributed by atoms with van der Waals surface area (Å²) in [6, 6.07) is 7.94. The van der Waals surface area contributed by atoms with Gasteiger partial charge in [-0.2, -0.15) is 0 Å². The number of nitrogens with zero attached hydrogens (tertiary/aromatic N) is 1. The van der Waals surface area contributed by atoms with Gasteiger partial charge in [0.1, 0.15) is 0 Å². The molecule has 0 unspecified atom stereocenters. The maximum atomic E-state index is 4.06. The summed E-state index contributed by atoms with van der Waals surface area (Å²) in [5, 5.41) is 0. The number of hydrogen-bond donors (Lipinski definition) is 1. The van der Waals surface area contributed by atoms with Gasteiger partial charge in [0.05, 0.1) is 25.8 Å². The lowest BCUT2D eigenvalue weighted by Crippen LogP contribution is -1.63. The lowest BCUT2D eigenvalue weighted by atomic mass is 10.3. The number of H-pyrrole nitrogens is 1. The van der Waals surface area contributed by atoms with Crippen LogP contribution in [-0.2, 0) is 0 Å². The van der Waals surface area contributed by atoms with Crippen LogP contribution in [0.3, 0.4) is 0 Å². The lowest BCUT2D eigenvalue weighted by molar-refractivity contribution is 1.34. The topological polar surface area (TPSA) is 28.7 Å². The molecular weight excluding hydrogens is 123 g/mol. The fourth-order valence-electron chi connectivity index (χ4n) is 0.880. The molecule has 1 heterocycles. The van der Waals surface area contributed by atoms with Crippen molar-refractivity contribution in [2.75, 3.05) is 0 Å². The van der Waals surface area contributed by atoms with Crippen molar-refractivity contribution in [2.24, 2.45) is 0 Å². The first kappa shape index (κ1) is 6.87. The van der Waals surface area contributed by atoms with E-state index in [1.165, 1.54) is 0 Å². The fraction of sp³-hybridized carbons (Fsp3) is 0. The van der Waals surface area contributed by atoms with Gasteiger partial charge in [0, 0.05) is 0 Å². The van der Waals surface area contributed by atoms with Crippen LogP contribution in [0.25, 0.3) is 11.0 Å². The summed E-state index contributed by atoms with van der Waals surface area (Å²) in [5.41, 5.74) is 2.12. The van der Waals surface area contributed by atoms with Gasteiger partial charge < -0.3 is 4.98 Å². The van der Waals surface area contributed by atoms with Crippen molar-refractivity contribution in [2.45, 2.75) is 0 Å². The van der Waals surface area contributed by atoms with Crippen LogP contribution in [0.5, 0.6) is 0 Å². The molecule has 0 amide bonds. The number of imidazole rings is 1. The number of nitrogens with one attached hydrogen (secondary N) is 1. The van der Waals surface area contributed by atoms with E-state index in [0.29, 0.717) is 0 Å². The Morgan fingerprint density at radius 1 is 1.20 bits per heavy atom. The molecule has 0 aliphatic rings. The molecule has 0 saturated carbocycles. The highest BCUT2D eigenvalue weighted by Gasteiger charge is 1.88. The van der Waals surface area contributed by atoms with Gasteiger partial charge in [-0.15, -0.1) is 0 Å². The molecule has 50 valence electrons. The summed E-state index contributed by atoms with van der Waals surface area (Å²) < 4.78 is 0. The largest absolute Gasteiger partial charge is 0.345 e. The quantitative estimate of drug-likeness (QED) is 0.515. The van der Waals surface area contributed by atoms with Crippen molar-refractivity contribution in [3.8, 4) is 0 Å². The molecule has 0 atom stereocenters. The standard InChI is InChI=1S/C7H6N2.BH3/c1-2-4-7-6(3-1)8-5-9-7;/h1-5H,(H,8,9);1H3. The molecular formula is C7H9BN2. The van der Waals surface area contributed by atoms with Crippen molar-refractivity contribution in [1.82, 2.24) is 9.97 Å². The highest BCUT2D eigenvalue weighted by molar-refractivity contribution is 5.75. The van der Waals surface area contributed by atoms with Crippen molar-refractivity contribution >= 4 is 19.4 Å². The van der Waals surface area contributed by atoms with E-state index in [1.807, 2.05) is 24.3 Å². The Bertz CT molecular complexity index is 286. The molecule has 0 saturated heterocycles. The summed E-state index contributed by atoms with van der Waals surface area (Å²) in [5.74, 6) is 0. The first-order valence-electron chi connectivity index (χ1n) is 2.85. The van der Waals surface area contributed by atoms with E-state index in [9.17, 15) is 0 Å². The molecule has 2 nitrogen and oxygen atoms in total. The third-order valence-corrected chi connectivity index (χ3v) is 1.33. The van der Waals surface area contributed by atoms with Gasteiger partial charge >= 0.3 is 0 Å². The molecule has 0 aliphatic carbocycles. The normalized spacial score (nSPS) is 9.20. The predicted molar refractivity (Wildman–Crippen MR) is 46.0 cm³/mol. The molecule has 1 N–H and O–H groups in total. The Morgan fingerprint density at radius 2 is 2.00 bits per heavy atom. The van der Waals surface area contributed by atoms with Gasteiger partial charge in [0.15, 0.2) is 0 Å². The molecule has 1 aromatic carbocycles. The summed E-state index contributed by atoms with van der Waals surface area (Å²) in [7, 11) is 0. The van der Waals surface area contributed by atoms with Crippen molar-refractivity contribution in [3.63, 3.8) is 0 Å². The average molecular weight is 132 g/mol. The SMILES string of the molecule is B.c1ccc2[nH]cnc2c1. The molecule has 0 radical (unpaired) electrons. The van der Waals surface area contributed by atoms with Crippen LogP contribution in [0.15, 0.2) is 30.6 Å². The van der Waals surface area contributed by atoms with Gasteiger partial charge in [0.2, 0.25) is 0 Å². The zero-order valence-corrected chi connectivity index (χ0v) is 4.83. The summed E-state index contributed by atoms with van der Waals surface area (Å²) in [6.07, 6.45) is 1.70. The van der Waals surface area contributed by atoms with Crippen molar-refractivity contribution < 1.29 is 0 Å². The van der Waals surface area contributed by atoms with E-state index < -0.39 is 0 Å². The highest BCUT2D eigenvalue weighted by Crippen LogP contribution is 2.05. The Balaban J connectivity index is 0.000000500. The van der Waals surface area contributed by atoms with E-state index in [-0.39, 0.29) is 8.41 Å². The Kier molecular flexibility index (Phi) is 1.76. The third-order valence-electron chi connectivity index (χ3n) is 1.33. The molecule has 2 aromatic rings. The summed E-state index contributed by atoms with van der Waals surface area (Å²) in [4.78, 5) is 7.07. The zero-order chi connectivity index (χ0) is 6.10. The molecule has 0 bridgehead atoms. The first-order chi connectivity index (χ1) is 4.47. The number of benzene rings is 1. The van der Waals surface area contributed by atoms with E-state index in [4.69, 9.17) is 0 Å². The lowest BCUT2D eigenvalue weighted by Gasteiger charge is -1.81. The van der Waals surface area contributed by atoms with Crippen LogP contribution in [0.2, 0.25) is 0 Å². The minimum atomic E-state index is 0. The van der Waals surface area contributed by atoms with Gasteiger partial charge in [-0.1, -0.05) is 12.1 Å². The van der Waals surface area contributed by atoms with E-state index in [1.54, 1.807) is 6.33 Å². The number of aromatic nitrogens is 2. The Labute approximate surface area is 60.9 Å². The number of para-hydroxylation sites is 2. The van der Waals surface area contributed by atoms with Crippen LogP contribution in [0, 0.1) is 0 Å². The summed E-state index contributed by atoms with van der Waals surface area (Å²) >= 11 is 0. The Hall–Kier alpha value is -1.25. The van der Waals surface area contributed by atoms with Crippen LogP contribution < -0.4 is 0 Å². The number of hydrogen-bond acceptors (Lipinski definition) is 1. The molecule has 10 heavy (non-hydrogen) atoms. The Morgan fingerprint density at radius 3 is 2.80 bits per heavy atom. The van der Waals surface area contributed by atoms with Crippen LogP contribution in [-0.4, -0.2) is 18.4 Å². The second-order valence-corrected chi connectivity index (χ2v) is 1.92. The van der Waals surface area contributed by atoms with E-state index in [0.717, 1.165) is 11.0 Å². The first-order valence-corrected chi connectivity index (χ1v) is 2.85. The average Bonchev–Trinajstić information content (AvgIpc) is 2.33. The minimum Gasteiger partial charge on any atom is -0.345 e. The molecule has 2 rings (SSSR count). The van der Waals surface area contributed by atoms with Crippen molar-refractivity contribution in [3.05, 3.63) is 30.6 Å². The molecule has 0 spiro atoms. The number of fused-ring (bicyclic) bond motifs is 1. The van der Waals surface area contributed by atoms with Gasteiger partial charge in [-0.05, 0) is 12.1 Å². The van der Waals surface area contributed by atoms with Gasteiger partial charge in [0.25, 0.3) is 0 Å². The van der Waals surface area contributed by atoms with Crippen LogP contribution in [0.4, 0.5) is 0 Å². The maximum Gasteiger partial charge on any atom is 0.0931 e. The number of aromatic amines is 1. The second-order valence-electron chi connectivity index (χ2n) is 1.92.